The van der Waals surface area contributed by atoms with Crippen LogP contribution in [-0.2, 0) is 39.3 Å². The van der Waals surface area contributed by atoms with Gasteiger partial charge >= 0.3 is 0 Å². The van der Waals surface area contributed by atoms with Crippen LogP contribution in [0.3, 0.4) is 0 Å². The summed E-state index contributed by atoms with van der Waals surface area (Å²) in [6.07, 6.45) is 6.43. The number of aryl methyl sites for hydroxylation is 1. The minimum atomic E-state index is -2.36. The number of hydrogen-bond acceptors (Lipinski definition) is 7. The molecule has 2 aliphatic rings. The van der Waals surface area contributed by atoms with E-state index in [1.165, 1.54) is 5.19 Å². The molecule has 3 N–H and O–H groups in total. The van der Waals surface area contributed by atoms with E-state index >= 15 is 0 Å². The van der Waals surface area contributed by atoms with E-state index in [1.54, 1.807) is 22.8 Å². The average Bonchev–Trinajstić information content (AvgIpc) is 3.89. The molecule has 4 atom stereocenters. The zero-order valence-corrected chi connectivity index (χ0v) is 31.1. The molecule has 3 aromatic carbocycles. The van der Waals surface area contributed by atoms with Crippen LogP contribution >= 0.6 is 0 Å². The van der Waals surface area contributed by atoms with Crippen LogP contribution in [0, 0.1) is 5.92 Å². The molecule has 0 bridgehead atoms. The van der Waals surface area contributed by atoms with Gasteiger partial charge in [0.25, 0.3) is 5.91 Å². The number of nitrogens with one attached hydrogen (secondary N) is 2. The van der Waals surface area contributed by atoms with E-state index in [0.29, 0.717) is 31.6 Å². The molecule has 270 valence electrons. The molecule has 0 radical (unpaired) electrons. The van der Waals surface area contributed by atoms with E-state index in [4.69, 9.17) is 9.47 Å². The predicted octanol–water partition coefficient (Wildman–Crippen LogP) is 5.32. The van der Waals surface area contributed by atoms with E-state index in [0.717, 1.165) is 39.2 Å². The SMILES string of the molecule is C=CCN1C(=O)[C@@]2(O[C@@H](CCn3cc(CCO)nn3)[C@H]([Si](C)(C)c3ccc(OC)cc3)[C@H]2C)c2cc(NC(=O)Cc3c[nH]c4ccccc34)ccc21. The number of aliphatic hydroxyl groups is 1. The number of carbonyl (C=O) groups is 2. The number of anilines is 2. The lowest BCUT2D eigenvalue weighted by Gasteiger charge is -2.37. The van der Waals surface area contributed by atoms with Crippen molar-refractivity contribution in [1.82, 2.24) is 20.0 Å². The first-order chi connectivity index (χ1) is 25.1. The van der Waals surface area contributed by atoms with Gasteiger partial charge < -0.3 is 29.8 Å². The summed E-state index contributed by atoms with van der Waals surface area (Å²) in [5, 5.41) is 23.3. The lowest BCUT2D eigenvalue weighted by molar-refractivity contribution is -0.145. The van der Waals surface area contributed by atoms with Gasteiger partial charge in [0.1, 0.15) is 5.75 Å². The number of ether oxygens (including phenoxy) is 2. The van der Waals surface area contributed by atoms with Crippen LogP contribution in [0.1, 0.15) is 30.2 Å². The van der Waals surface area contributed by atoms with E-state index in [-0.39, 0.29) is 42.4 Å². The Labute approximate surface area is 304 Å². The highest BCUT2D eigenvalue weighted by molar-refractivity contribution is 6.91. The Hall–Kier alpha value is -5.04. The number of carbonyl (C=O) groups excluding carboxylic acids is 2. The van der Waals surface area contributed by atoms with Crippen LogP contribution in [0.25, 0.3) is 10.9 Å². The summed E-state index contributed by atoms with van der Waals surface area (Å²) in [5.74, 6) is 0.320. The summed E-state index contributed by atoms with van der Waals surface area (Å²) in [5.41, 5.74) is 3.51. The molecule has 1 spiro atoms. The molecule has 0 aliphatic carbocycles. The minimum absolute atomic E-state index is 0.00237. The highest BCUT2D eigenvalue weighted by Gasteiger charge is 2.66. The molecular formula is C40H46N6O5Si. The van der Waals surface area contributed by atoms with Gasteiger partial charge in [0.15, 0.2) is 5.60 Å². The van der Waals surface area contributed by atoms with Crippen molar-refractivity contribution in [3.8, 4) is 5.75 Å². The fraction of sp³-hybridized carbons (Fsp3) is 0.350. The number of rotatable bonds is 13. The van der Waals surface area contributed by atoms with Crippen molar-refractivity contribution in [2.45, 2.75) is 63.1 Å². The van der Waals surface area contributed by atoms with E-state index in [1.807, 2.05) is 67.0 Å². The Morgan fingerprint density at radius 3 is 2.71 bits per heavy atom. The van der Waals surface area contributed by atoms with E-state index in [9.17, 15) is 14.7 Å². The normalized spacial score (nSPS) is 21.2. The van der Waals surface area contributed by atoms with Crippen molar-refractivity contribution in [2.24, 2.45) is 5.92 Å². The summed E-state index contributed by atoms with van der Waals surface area (Å²) in [7, 11) is -0.696. The van der Waals surface area contributed by atoms with Gasteiger partial charge in [-0.1, -0.05) is 66.8 Å². The van der Waals surface area contributed by atoms with Gasteiger partial charge in [-0.2, -0.15) is 0 Å². The largest absolute Gasteiger partial charge is 0.497 e. The van der Waals surface area contributed by atoms with Crippen molar-refractivity contribution in [3.63, 3.8) is 0 Å². The van der Waals surface area contributed by atoms with Crippen molar-refractivity contribution in [3.05, 3.63) is 109 Å². The molecule has 52 heavy (non-hydrogen) atoms. The summed E-state index contributed by atoms with van der Waals surface area (Å²) in [4.78, 5) is 33.3. The molecule has 1 saturated heterocycles. The Morgan fingerprint density at radius 1 is 1.17 bits per heavy atom. The summed E-state index contributed by atoms with van der Waals surface area (Å²) < 4.78 is 14.5. The number of amides is 2. The number of benzene rings is 3. The second kappa shape index (κ2) is 14.2. The number of aliphatic hydroxyl groups excluding tert-OH is 1. The topological polar surface area (TPSA) is 135 Å². The number of hydrogen-bond donors (Lipinski definition) is 3. The highest BCUT2D eigenvalue weighted by atomic mass is 28.3. The molecule has 12 heteroatoms. The number of aromatic nitrogens is 4. The van der Waals surface area contributed by atoms with E-state index in [2.05, 4.69) is 59.3 Å². The molecule has 7 rings (SSSR count). The molecule has 11 nitrogen and oxygen atoms in total. The molecule has 2 aromatic heterocycles. The zero-order chi connectivity index (χ0) is 36.6. The summed E-state index contributed by atoms with van der Waals surface area (Å²) in [6.45, 7) is 11.7. The van der Waals surface area contributed by atoms with Crippen LogP contribution in [0.15, 0.2) is 91.8 Å². The Bertz CT molecular complexity index is 2110. The van der Waals surface area contributed by atoms with Crippen LogP contribution in [0.2, 0.25) is 18.6 Å². The molecular weight excluding hydrogens is 673 g/mol. The Morgan fingerprint density at radius 2 is 1.96 bits per heavy atom. The molecule has 2 aliphatic heterocycles. The Kier molecular flexibility index (Phi) is 9.64. The summed E-state index contributed by atoms with van der Waals surface area (Å²) >= 11 is 0. The van der Waals surface area contributed by atoms with Gasteiger partial charge in [0.2, 0.25) is 5.91 Å². The van der Waals surface area contributed by atoms with Gasteiger partial charge in [0, 0.05) is 66.6 Å². The van der Waals surface area contributed by atoms with Gasteiger partial charge in [-0.05, 0) is 53.9 Å². The van der Waals surface area contributed by atoms with Crippen molar-refractivity contribution < 1.29 is 24.2 Å². The molecule has 2 amide bonds. The molecule has 0 unspecified atom stereocenters. The predicted molar refractivity (Wildman–Crippen MR) is 205 cm³/mol. The van der Waals surface area contributed by atoms with Crippen molar-refractivity contribution >= 4 is 47.4 Å². The maximum atomic E-state index is 14.9. The quantitative estimate of drug-likeness (QED) is 0.111. The minimum Gasteiger partial charge on any atom is -0.497 e. The van der Waals surface area contributed by atoms with Crippen molar-refractivity contribution in [1.29, 1.82) is 0 Å². The van der Waals surface area contributed by atoms with Gasteiger partial charge in [-0.25, -0.2) is 0 Å². The van der Waals surface area contributed by atoms with Crippen LogP contribution in [-0.4, -0.2) is 71.3 Å². The van der Waals surface area contributed by atoms with E-state index < -0.39 is 13.7 Å². The first kappa shape index (κ1) is 35.4. The number of aromatic amines is 1. The lowest BCUT2D eigenvalue weighted by Crippen LogP contribution is -2.51. The molecule has 0 saturated carbocycles. The third-order valence-corrected chi connectivity index (χ3v) is 15.4. The first-order valence-electron chi connectivity index (χ1n) is 17.8. The maximum absolute atomic E-state index is 14.9. The second-order valence-corrected chi connectivity index (χ2v) is 19.1. The monoisotopic (exact) mass is 718 g/mol. The number of para-hydroxylation sites is 1. The molecule has 4 heterocycles. The third kappa shape index (κ3) is 6.14. The average molecular weight is 719 g/mol. The van der Waals surface area contributed by atoms with Crippen LogP contribution < -0.4 is 20.1 Å². The fourth-order valence-electron chi connectivity index (χ4n) is 8.56. The number of methoxy groups -OCH3 is 1. The number of fused-ring (bicyclic) bond motifs is 3. The second-order valence-electron chi connectivity index (χ2n) is 14.4. The number of nitrogens with zero attached hydrogens (tertiary/aromatic N) is 4. The van der Waals surface area contributed by atoms with Gasteiger partial charge in [0.05, 0.1) is 39.1 Å². The van der Waals surface area contributed by atoms with Crippen LogP contribution in [0.5, 0.6) is 5.75 Å². The molecule has 1 fully saturated rings. The highest BCUT2D eigenvalue weighted by Crippen LogP contribution is 2.60. The Balaban J connectivity index is 1.25. The number of H-pyrrole nitrogens is 1. The standard InChI is InChI=1S/C40H46N6O5Si/c1-6-19-46-35-16-11-28(42-37(48)22-27-24-41-34-10-8-7-9-32(27)34)23-33(35)40(39(46)49)26(2)38(52(4,5)31-14-12-30(50-3)13-15-31)36(51-40)17-20-45-25-29(18-21-47)43-44-45/h6-16,23-26,36,38,41,47H,1,17-22H2,2-5H3,(H,42,48)/t26-,36+,38-,40+/m1/s1. The lowest BCUT2D eigenvalue weighted by atomic mass is 9.82. The smallest absolute Gasteiger partial charge is 0.264 e. The zero-order valence-electron chi connectivity index (χ0n) is 30.1. The van der Waals surface area contributed by atoms with Crippen molar-refractivity contribution in [2.75, 3.05) is 30.5 Å². The van der Waals surface area contributed by atoms with Gasteiger partial charge in [-0.3, -0.25) is 14.3 Å². The van der Waals surface area contributed by atoms with Gasteiger partial charge in [-0.15, -0.1) is 11.7 Å². The van der Waals surface area contributed by atoms with Crippen LogP contribution in [0.4, 0.5) is 11.4 Å². The fourth-order valence-corrected chi connectivity index (χ4v) is 12.6. The molecule has 5 aromatic rings. The third-order valence-electron chi connectivity index (χ3n) is 11.1. The maximum Gasteiger partial charge on any atom is 0.264 e. The summed E-state index contributed by atoms with van der Waals surface area (Å²) in [6, 6.07) is 21.9. The first-order valence-corrected chi connectivity index (χ1v) is 20.9.